The first-order valence-corrected chi connectivity index (χ1v) is 10.2. The number of benzene rings is 2. The second-order valence-electron chi connectivity index (χ2n) is 6.47. The van der Waals surface area contributed by atoms with Gasteiger partial charge in [-0.3, -0.25) is 9.59 Å². The molecule has 0 aromatic heterocycles. The number of carbonyl (C=O) groups excluding carboxylic acids is 2. The predicted octanol–water partition coefficient (Wildman–Crippen LogP) is 2.21. The van der Waals surface area contributed by atoms with E-state index < -0.39 is 40.9 Å². The highest BCUT2D eigenvalue weighted by atomic mass is 32.2. The monoisotopic (exact) mass is 422 g/mol. The zero-order chi connectivity index (χ0) is 21.6. The van der Waals surface area contributed by atoms with Crippen molar-refractivity contribution in [1.82, 2.24) is 9.21 Å². The van der Waals surface area contributed by atoms with Crippen molar-refractivity contribution >= 4 is 21.9 Å². The molecule has 2 rings (SSSR count). The van der Waals surface area contributed by atoms with Crippen LogP contribution in [0.5, 0.6) is 0 Å². The van der Waals surface area contributed by atoms with Crippen LogP contribution in [0, 0.1) is 5.82 Å². The summed E-state index contributed by atoms with van der Waals surface area (Å²) in [5, 5.41) is 0. The topological polar surface area (TPSA) is 84.0 Å². The lowest BCUT2D eigenvalue weighted by atomic mass is 10.1. The highest BCUT2D eigenvalue weighted by Crippen LogP contribution is 2.18. The number of carbonyl (C=O) groups is 2. The second kappa shape index (κ2) is 9.62. The van der Waals surface area contributed by atoms with Gasteiger partial charge in [0.1, 0.15) is 12.4 Å². The molecule has 1 atom stereocenters. The van der Waals surface area contributed by atoms with Crippen LogP contribution in [0.3, 0.4) is 0 Å². The minimum absolute atomic E-state index is 0.151. The van der Waals surface area contributed by atoms with Crippen LogP contribution in [0.1, 0.15) is 18.5 Å². The van der Waals surface area contributed by atoms with Crippen LogP contribution in [0.4, 0.5) is 4.39 Å². The third kappa shape index (κ3) is 5.85. The van der Waals surface area contributed by atoms with Crippen LogP contribution >= 0.6 is 0 Å². The Bertz CT molecular complexity index is 949. The smallest absolute Gasteiger partial charge is 0.321 e. The van der Waals surface area contributed by atoms with Gasteiger partial charge in [0.2, 0.25) is 10.0 Å². The number of amides is 1. The Morgan fingerprint density at radius 2 is 1.62 bits per heavy atom. The van der Waals surface area contributed by atoms with Crippen molar-refractivity contribution in [3.8, 4) is 0 Å². The third-order valence-corrected chi connectivity index (χ3v) is 6.30. The molecule has 0 unspecified atom stereocenters. The summed E-state index contributed by atoms with van der Waals surface area (Å²) in [5.41, 5.74) is 0.930. The maximum atomic E-state index is 13.0. The number of hydrogen-bond donors (Lipinski definition) is 0. The van der Waals surface area contributed by atoms with Gasteiger partial charge in [0.25, 0.3) is 5.91 Å². The average molecular weight is 422 g/mol. The van der Waals surface area contributed by atoms with Gasteiger partial charge in [-0.15, -0.1) is 0 Å². The average Bonchev–Trinajstić information content (AvgIpc) is 2.71. The van der Waals surface area contributed by atoms with E-state index in [2.05, 4.69) is 0 Å². The van der Waals surface area contributed by atoms with Crippen LogP contribution in [-0.2, 0) is 24.3 Å². The lowest BCUT2D eigenvalue weighted by molar-refractivity contribution is -0.152. The first-order valence-electron chi connectivity index (χ1n) is 8.81. The normalized spacial score (nSPS) is 12.4. The van der Waals surface area contributed by atoms with Crippen molar-refractivity contribution in [2.45, 2.75) is 17.9 Å². The number of hydrogen-bond acceptors (Lipinski definition) is 5. The van der Waals surface area contributed by atoms with Crippen LogP contribution in [0.15, 0.2) is 59.5 Å². The predicted molar refractivity (Wildman–Crippen MR) is 105 cm³/mol. The minimum Gasteiger partial charge on any atom is -0.455 e. The number of sulfonamides is 1. The van der Waals surface area contributed by atoms with Crippen LogP contribution < -0.4 is 0 Å². The summed E-state index contributed by atoms with van der Waals surface area (Å²) in [6, 6.07) is 13.4. The van der Waals surface area contributed by atoms with E-state index in [0.29, 0.717) is 0 Å². The molecule has 0 spiro atoms. The first kappa shape index (κ1) is 22.5. The number of ether oxygens (including phenoxy) is 1. The summed E-state index contributed by atoms with van der Waals surface area (Å²) in [5.74, 6) is -1.86. The van der Waals surface area contributed by atoms with Gasteiger partial charge in [-0.1, -0.05) is 30.3 Å². The Kier molecular flexibility index (Phi) is 7.46. The molecule has 0 aliphatic heterocycles. The van der Waals surface area contributed by atoms with Crippen molar-refractivity contribution < 1.29 is 27.1 Å². The molecule has 0 saturated heterocycles. The molecule has 1 amide bonds. The molecule has 0 fully saturated rings. The summed E-state index contributed by atoms with van der Waals surface area (Å²) in [7, 11) is -1.19. The highest BCUT2D eigenvalue weighted by molar-refractivity contribution is 7.89. The molecular weight excluding hydrogens is 399 g/mol. The van der Waals surface area contributed by atoms with E-state index in [-0.39, 0.29) is 10.9 Å². The molecule has 0 saturated carbocycles. The van der Waals surface area contributed by atoms with Crippen molar-refractivity contribution in [3.05, 3.63) is 66.0 Å². The molecule has 0 aliphatic carbocycles. The van der Waals surface area contributed by atoms with Crippen LogP contribution in [0.2, 0.25) is 0 Å². The molecule has 9 heteroatoms. The molecule has 29 heavy (non-hydrogen) atoms. The Hall–Kier alpha value is -2.78. The van der Waals surface area contributed by atoms with Crippen LogP contribution in [0.25, 0.3) is 0 Å². The molecule has 0 aliphatic rings. The van der Waals surface area contributed by atoms with E-state index in [0.717, 1.165) is 34.1 Å². The van der Waals surface area contributed by atoms with Gasteiger partial charge in [0, 0.05) is 14.1 Å². The Balaban J connectivity index is 1.90. The molecule has 0 heterocycles. The SMILES string of the molecule is C[C@@H](c1ccccc1)N(C)C(=O)COC(=O)CN(C)S(=O)(=O)c1ccc(F)cc1. The first-order chi connectivity index (χ1) is 13.6. The molecule has 0 bridgehead atoms. The summed E-state index contributed by atoms with van der Waals surface area (Å²) < 4.78 is 43.5. The van der Waals surface area contributed by atoms with Gasteiger partial charge < -0.3 is 9.64 Å². The molecular formula is C20H23FN2O5S. The van der Waals surface area contributed by atoms with Gasteiger partial charge in [0.05, 0.1) is 10.9 Å². The van der Waals surface area contributed by atoms with Gasteiger partial charge in [-0.2, -0.15) is 4.31 Å². The summed E-state index contributed by atoms with van der Waals surface area (Å²) in [4.78, 5) is 25.6. The number of rotatable bonds is 8. The standard InChI is InChI=1S/C20H23FN2O5S/c1-15(16-7-5-4-6-8-16)23(3)19(24)14-28-20(25)13-22(2)29(26,27)18-11-9-17(21)10-12-18/h4-12,15H,13-14H2,1-3H3/t15-/m0/s1. The second-order valence-corrected chi connectivity index (χ2v) is 8.51. The highest BCUT2D eigenvalue weighted by Gasteiger charge is 2.25. The minimum atomic E-state index is -3.98. The molecule has 0 radical (unpaired) electrons. The zero-order valence-electron chi connectivity index (χ0n) is 16.4. The molecule has 156 valence electrons. The fourth-order valence-electron chi connectivity index (χ4n) is 2.51. The van der Waals surface area contributed by atoms with Gasteiger partial charge in [-0.05, 0) is 36.8 Å². The van der Waals surface area contributed by atoms with Gasteiger partial charge >= 0.3 is 5.97 Å². The van der Waals surface area contributed by atoms with Gasteiger partial charge in [0.15, 0.2) is 6.61 Å². The van der Waals surface area contributed by atoms with Crippen molar-refractivity contribution in [3.63, 3.8) is 0 Å². The fraction of sp³-hybridized carbons (Fsp3) is 0.300. The Morgan fingerprint density at radius 3 is 2.21 bits per heavy atom. The molecule has 7 nitrogen and oxygen atoms in total. The molecule has 0 N–H and O–H groups in total. The van der Waals surface area contributed by atoms with E-state index in [9.17, 15) is 22.4 Å². The number of likely N-dealkylation sites (N-methyl/N-ethyl adjacent to an activating group) is 2. The fourth-order valence-corrected chi connectivity index (χ4v) is 3.63. The molecule has 2 aromatic rings. The van der Waals surface area contributed by atoms with Crippen molar-refractivity contribution in [2.24, 2.45) is 0 Å². The maximum Gasteiger partial charge on any atom is 0.321 e. The Morgan fingerprint density at radius 1 is 1.03 bits per heavy atom. The van der Waals surface area contributed by atoms with Gasteiger partial charge in [-0.25, -0.2) is 12.8 Å². The van der Waals surface area contributed by atoms with E-state index in [1.54, 1.807) is 7.05 Å². The van der Waals surface area contributed by atoms with Crippen molar-refractivity contribution in [1.29, 1.82) is 0 Å². The quantitative estimate of drug-likeness (QED) is 0.609. The third-order valence-electron chi connectivity index (χ3n) is 4.49. The zero-order valence-corrected chi connectivity index (χ0v) is 17.2. The summed E-state index contributed by atoms with van der Waals surface area (Å²) >= 11 is 0. The number of halogens is 1. The number of esters is 1. The summed E-state index contributed by atoms with van der Waals surface area (Å²) in [6.07, 6.45) is 0. The van der Waals surface area contributed by atoms with E-state index >= 15 is 0 Å². The summed E-state index contributed by atoms with van der Waals surface area (Å²) in [6.45, 7) is 0.764. The van der Waals surface area contributed by atoms with E-state index in [1.807, 2.05) is 37.3 Å². The van der Waals surface area contributed by atoms with Crippen molar-refractivity contribution in [2.75, 3.05) is 27.2 Å². The largest absolute Gasteiger partial charge is 0.455 e. The Labute approximate surface area is 169 Å². The number of nitrogens with zero attached hydrogens (tertiary/aromatic N) is 2. The maximum absolute atomic E-state index is 13.0. The lowest BCUT2D eigenvalue weighted by Crippen LogP contribution is -2.36. The van der Waals surface area contributed by atoms with E-state index in [4.69, 9.17) is 4.74 Å². The molecule has 2 aromatic carbocycles. The van der Waals surface area contributed by atoms with Crippen LogP contribution in [-0.4, -0.2) is 56.7 Å². The lowest BCUT2D eigenvalue weighted by Gasteiger charge is -2.25. The van der Waals surface area contributed by atoms with E-state index in [1.165, 1.54) is 11.9 Å².